The first kappa shape index (κ1) is 21.0. The van der Waals surface area contributed by atoms with Gasteiger partial charge in [0.05, 0.1) is 33.1 Å². The standard InChI is InChI=1S/C20H24N2O6/c1-25-14-7-5-6-13(10-14)18(28-4)12-21-19(23)20(24)22-16-9-8-15(26-2)11-17(16)27-3/h5-11,18H,12H2,1-4H3,(H,21,23)(H,22,24)/t18-/m0/s1. The van der Waals surface area contributed by atoms with Crippen molar-refractivity contribution in [1.82, 2.24) is 5.32 Å². The predicted molar refractivity (Wildman–Crippen MR) is 104 cm³/mol. The number of nitrogens with one attached hydrogen (secondary N) is 2. The molecule has 2 aromatic rings. The Morgan fingerprint density at radius 2 is 1.61 bits per heavy atom. The van der Waals surface area contributed by atoms with Crippen LogP contribution in [0.2, 0.25) is 0 Å². The number of carbonyl (C=O) groups is 2. The van der Waals surface area contributed by atoms with Gasteiger partial charge in [0.1, 0.15) is 17.2 Å². The molecule has 150 valence electrons. The Balaban J connectivity index is 1.99. The third kappa shape index (κ3) is 5.37. The van der Waals surface area contributed by atoms with Crippen LogP contribution in [0.4, 0.5) is 5.69 Å². The third-order valence-electron chi connectivity index (χ3n) is 4.06. The maximum atomic E-state index is 12.2. The van der Waals surface area contributed by atoms with E-state index in [1.807, 2.05) is 24.3 Å². The topological polar surface area (TPSA) is 95.1 Å². The summed E-state index contributed by atoms with van der Waals surface area (Å²) in [5.74, 6) is 0.0224. The first-order chi connectivity index (χ1) is 13.5. The number of amides is 2. The van der Waals surface area contributed by atoms with Gasteiger partial charge in [0.15, 0.2) is 0 Å². The summed E-state index contributed by atoms with van der Waals surface area (Å²) in [5.41, 5.74) is 1.18. The Bertz CT molecular complexity index is 824. The largest absolute Gasteiger partial charge is 0.497 e. The number of methoxy groups -OCH3 is 4. The van der Waals surface area contributed by atoms with Crippen molar-refractivity contribution in [3.8, 4) is 17.2 Å². The number of carbonyl (C=O) groups excluding carboxylic acids is 2. The van der Waals surface area contributed by atoms with E-state index in [4.69, 9.17) is 18.9 Å². The molecule has 2 N–H and O–H groups in total. The fraction of sp³-hybridized carbons (Fsp3) is 0.300. The summed E-state index contributed by atoms with van der Waals surface area (Å²) >= 11 is 0. The highest BCUT2D eigenvalue weighted by molar-refractivity contribution is 6.39. The lowest BCUT2D eigenvalue weighted by Gasteiger charge is -2.17. The van der Waals surface area contributed by atoms with Crippen molar-refractivity contribution in [3.63, 3.8) is 0 Å². The highest BCUT2D eigenvalue weighted by Gasteiger charge is 2.19. The van der Waals surface area contributed by atoms with Crippen molar-refractivity contribution in [2.45, 2.75) is 6.10 Å². The molecule has 2 aromatic carbocycles. The summed E-state index contributed by atoms with van der Waals surface area (Å²) in [6.45, 7) is 0.121. The average molecular weight is 388 g/mol. The third-order valence-corrected chi connectivity index (χ3v) is 4.06. The fourth-order valence-corrected chi connectivity index (χ4v) is 2.53. The molecule has 0 radical (unpaired) electrons. The van der Waals surface area contributed by atoms with Gasteiger partial charge in [0, 0.05) is 19.7 Å². The van der Waals surface area contributed by atoms with Crippen molar-refractivity contribution in [3.05, 3.63) is 48.0 Å². The van der Waals surface area contributed by atoms with E-state index in [0.717, 1.165) is 5.56 Å². The molecule has 2 amide bonds. The summed E-state index contributed by atoms with van der Waals surface area (Å²) in [5, 5.41) is 5.09. The van der Waals surface area contributed by atoms with E-state index in [2.05, 4.69) is 10.6 Å². The van der Waals surface area contributed by atoms with Crippen LogP contribution in [0.25, 0.3) is 0 Å². The molecule has 0 unspecified atom stereocenters. The van der Waals surface area contributed by atoms with Crippen molar-refractivity contribution < 1.29 is 28.5 Å². The van der Waals surface area contributed by atoms with Gasteiger partial charge in [-0.1, -0.05) is 12.1 Å². The Hall–Kier alpha value is -3.26. The van der Waals surface area contributed by atoms with Gasteiger partial charge in [0.2, 0.25) is 0 Å². The smallest absolute Gasteiger partial charge is 0.313 e. The van der Waals surface area contributed by atoms with Crippen LogP contribution in [-0.2, 0) is 14.3 Å². The van der Waals surface area contributed by atoms with Gasteiger partial charge < -0.3 is 29.6 Å². The lowest BCUT2D eigenvalue weighted by molar-refractivity contribution is -0.136. The number of ether oxygens (including phenoxy) is 4. The van der Waals surface area contributed by atoms with E-state index in [9.17, 15) is 9.59 Å². The number of benzene rings is 2. The first-order valence-electron chi connectivity index (χ1n) is 8.50. The van der Waals surface area contributed by atoms with E-state index in [-0.39, 0.29) is 6.54 Å². The molecular weight excluding hydrogens is 364 g/mol. The van der Waals surface area contributed by atoms with Crippen molar-refractivity contribution in [2.75, 3.05) is 40.3 Å². The second-order valence-corrected chi connectivity index (χ2v) is 5.73. The summed E-state index contributed by atoms with van der Waals surface area (Å²) in [6.07, 6.45) is -0.428. The quantitative estimate of drug-likeness (QED) is 0.673. The molecule has 1 atom stereocenters. The molecule has 8 heteroatoms. The van der Waals surface area contributed by atoms with E-state index in [0.29, 0.717) is 22.9 Å². The van der Waals surface area contributed by atoms with Gasteiger partial charge in [-0.15, -0.1) is 0 Å². The van der Waals surface area contributed by atoms with Gasteiger partial charge in [-0.25, -0.2) is 0 Å². The van der Waals surface area contributed by atoms with Crippen LogP contribution in [0.15, 0.2) is 42.5 Å². The van der Waals surface area contributed by atoms with Crippen LogP contribution in [0, 0.1) is 0 Å². The Morgan fingerprint density at radius 3 is 2.25 bits per heavy atom. The molecule has 0 heterocycles. The molecule has 0 bridgehead atoms. The van der Waals surface area contributed by atoms with Crippen molar-refractivity contribution in [2.24, 2.45) is 0 Å². The molecule has 8 nitrogen and oxygen atoms in total. The van der Waals surface area contributed by atoms with Crippen LogP contribution in [0.1, 0.15) is 11.7 Å². The zero-order valence-corrected chi connectivity index (χ0v) is 16.3. The second kappa shape index (κ2) is 10.2. The number of hydrogen-bond acceptors (Lipinski definition) is 6. The van der Waals surface area contributed by atoms with E-state index >= 15 is 0 Å². The Morgan fingerprint density at radius 1 is 0.893 bits per heavy atom. The van der Waals surface area contributed by atoms with E-state index in [1.54, 1.807) is 25.3 Å². The molecule has 0 saturated carbocycles. The highest BCUT2D eigenvalue weighted by Crippen LogP contribution is 2.29. The predicted octanol–water partition coefficient (Wildman–Crippen LogP) is 2.15. The second-order valence-electron chi connectivity index (χ2n) is 5.73. The fourth-order valence-electron chi connectivity index (χ4n) is 2.53. The molecule has 28 heavy (non-hydrogen) atoms. The maximum Gasteiger partial charge on any atom is 0.313 e. The van der Waals surface area contributed by atoms with Crippen LogP contribution >= 0.6 is 0 Å². The van der Waals surface area contributed by atoms with Crippen LogP contribution in [0.3, 0.4) is 0 Å². The van der Waals surface area contributed by atoms with E-state index in [1.165, 1.54) is 21.3 Å². The van der Waals surface area contributed by atoms with Crippen LogP contribution < -0.4 is 24.8 Å². The molecule has 0 aliphatic heterocycles. The summed E-state index contributed by atoms with van der Waals surface area (Å²) < 4.78 is 20.9. The normalized spacial score (nSPS) is 11.3. The monoisotopic (exact) mass is 388 g/mol. The van der Waals surface area contributed by atoms with Gasteiger partial charge in [-0.2, -0.15) is 0 Å². The lowest BCUT2D eigenvalue weighted by atomic mass is 10.1. The number of hydrogen-bond donors (Lipinski definition) is 2. The molecule has 0 saturated heterocycles. The van der Waals surface area contributed by atoms with Crippen LogP contribution in [0.5, 0.6) is 17.2 Å². The number of anilines is 1. The van der Waals surface area contributed by atoms with Gasteiger partial charge in [0.25, 0.3) is 0 Å². The zero-order chi connectivity index (χ0) is 20.5. The molecule has 2 rings (SSSR count). The van der Waals surface area contributed by atoms with E-state index < -0.39 is 17.9 Å². The maximum absolute atomic E-state index is 12.2. The first-order valence-corrected chi connectivity index (χ1v) is 8.50. The SMILES string of the molecule is COc1cccc([C@H](CNC(=O)C(=O)Nc2ccc(OC)cc2OC)OC)c1. The average Bonchev–Trinajstić information content (AvgIpc) is 2.74. The molecule has 0 spiro atoms. The molecule has 0 aromatic heterocycles. The minimum absolute atomic E-state index is 0.121. The van der Waals surface area contributed by atoms with Crippen LogP contribution in [-0.4, -0.2) is 46.8 Å². The zero-order valence-electron chi connectivity index (χ0n) is 16.3. The van der Waals surface area contributed by atoms with Crippen molar-refractivity contribution >= 4 is 17.5 Å². The lowest BCUT2D eigenvalue weighted by Crippen LogP contribution is -2.38. The minimum atomic E-state index is -0.816. The minimum Gasteiger partial charge on any atom is -0.497 e. The van der Waals surface area contributed by atoms with Crippen molar-refractivity contribution in [1.29, 1.82) is 0 Å². The Labute approximate surface area is 163 Å². The van der Waals surface area contributed by atoms with Gasteiger partial charge in [-0.3, -0.25) is 9.59 Å². The highest BCUT2D eigenvalue weighted by atomic mass is 16.5. The molecule has 0 aliphatic rings. The Kier molecular flexibility index (Phi) is 7.65. The molecule has 0 aliphatic carbocycles. The number of rotatable bonds is 8. The summed E-state index contributed by atoms with van der Waals surface area (Å²) in [4.78, 5) is 24.4. The molecule has 0 fully saturated rings. The van der Waals surface area contributed by atoms with Gasteiger partial charge >= 0.3 is 11.8 Å². The molecular formula is C20H24N2O6. The summed E-state index contributed by atoms with van der Waals surface area (Å²) in [6, 6.07) is 12.1. The summed E-state index contributed by atoms with van der Waals surface area (Å²) in [7, 11) is 6.08. The van der Waals surface area contributed by atoms with Gasteiger partial charge in [-0.05, 0) is 29.8 Å².